The SMILES string of the molecule is N#CCSCC1=C(C(=O)O)N2C(=O)[C@@H](NC(=O)/C(=N\O)c3csc(N)n3)[C@H]2SC1. The standard InChI is InChI=1S/C15H14N6O5S3/c16-1-2-27-3-6-4-28-13-9(12(23)21(13)10(6)14(24)25)19-11(22)8(20-26)7-5-29-15(17)18-7/h5,9,13,26H,2-4H2,(H2,17,18)(H,19,22)(H,24,25)/b20-8-/t9-,13-/m1/s1. The molecule has 2 amide bonds. The van der Waals surface area contributed by atoms with Crippen molar-refractivity contribution in [2.24, 2.45) is 5.16 Å². The largest absolute Gasteiger partial charge is 0.477 e. The van der Waals surface area contributed by atoms with Gasteiger partial charge in [-0.25, -0.2) is 9.78 Å². The molecule has 2 aliphatic rings. The number of oxime groups is 1. The molecule has 3 rings (SSSR count). The molecule has 29 heavy (non-hydrogen) atoms. The third kappa shape index (κ3) is 4.02. The number of nitrogen functional groups attached to an aromatic ring is 1. The molecule has 2 atom stereocenters. The minimum absolute atomic E-state index is 0.0651. The summed E-state index contributed by atoms with van der Waals surface area (Å²) in [6.45, 7) is 0. The van der Waals surface area contributed by atoms with E-state index in [1.165, 1.54) is 28.9 Å². The molecular weight excluding hydrogens is 440 g/mol. The Bertz CT molecular complexity index is 968. The van der Waals surface area contributed by atoms with Crippen molar-refractivity contribution in [3.63, 3.8) is 0 Å². The number of nitrogens with one attached hydrogen (secondary N) is 1. The number of anilines is 1. The van der Waals surface area contributed by atoms with Gasteiger partial charge in [0, 0.05) is 16.9 Å². The third-order valence-electron chi connectivity index (χ3n) is 4.06. The number of fused-ring (bicyclic) bond motifs is 1. The molecule has 0 bridgehead atoms. The molecule has 0 aromatic carbocycles. The molecule has 0 saturated carbocycles. The Kier molecular flexibility index (Phi) is 6.30. The summed E-state index contributed by atoms with van der Waals surface area (Å²) in [7, 11) is 0. The van der Waals surface area contributed by atoms with Crippen LogP contribution in [-0.4, -0.2) is 72.4 Å². The van der Waals surface area contributed by atoms with Crippen LogP contribution in [0.1, 0.15) is 5.69 Å². The van der Waals surface area contributed by atoms with E-state index in [4.69, 9.17) is 16.2 Å². The molecule has 152 valence electrons. The summed E-state index contributed by atoms with van der Waals surface area (Å²) in [5, 5.41) is 33.8. The van der Waals surface area contributed by atoms with Gasteiger partial charge in [-0.3, -0.25) is 14.5 Å². The predicted octanol–water partition coefficient (Wildman–Crippen LogP) is -0.101. The zero-order chi connectivity index (χ0) is 21.1. The number of rotatable bonds is 7. The average molecular weight is 455 g/mol. The van der Waals surface area contributed by atoms with E-state index in [-0.39, 0.29) is 22.3 Å². The first-order chi connectivity index (χ1) is 13.9. The zero-order valence-electron chi connectivity index (χ0n) is 14.6. The maximum atomic E-state index is 12.6. The second-order valence-corrected chi connectivity index (χ2v) is 8.77. The van der Waals surface area contributed by atoms with Gasteiger partial charge >= 0.3 is 5.97 Å². The van der Waals surface area contributed by atoms with Crippen LogP contribution in [0.5, 0.6) is 0 Å². The molecule has 0 radical (unpaired) electrons. The topological polar surface area (TPSA) is 182 Å². The molecule has 1 aromatic heterocycles. The number of carbonyl (C=O) groups is 3. The van der Waals surface area contributed by atoms with Crippen molar-refractivity contribution in [2.75, 3.05) is 23.0 Å². The Labute approximate surface area is 176 Å². The second kappa shape index (κ2) is 8.72. The Morgan fingerprint density at radius 3 is 2.90 bits per heavy atom. The summed E-state index contributed by atoms with van der Waals surface area (Å²) in [4.78, 5) is 41.7. The van der Waals surface area contributed by atoms with Crippen molar-refractivity contribution in [1.29, 1.82) is 5.26 Å². The van der Waals surface area contributed by atoms with Crippen LogP contribution >= 0.6 is 34.9 Å². The van der Waals surface area contributed by atoms with Crippen molar-refractivity contribution in [2.45, 2.75) is 11.4 Å². The molecule has 5 N–H and O–H groups in total. The molecule has 1 saturated heterocycles. The molecule has 0 unspecified atom stereocenters. The van der Waals surface area contributed by atoms with Gasteiger partial charge in [0.1, 0.15) is 22.8 Å². The maximum Gasteiger partial charge on any atom is 0.352 e. The van der Waals surface area contributed by atoms with Crippen LogP contribution in [0.25, 0.3) is 0 Å². The fraction of sp³-hybridized carbons (Fsp3) is 0.333. The van der Waals surface area contributed by atoms with Gasteiger partial charge in [-0.2, -0.15) is 5.26 Å². The maximum absolute atomic E-state index is 12.6. The normalized spacial score (nSPS) is 21.3. The zero-order valence-corrected chi connectivity index (χ0v) is 17.0. The van der Waals surface area contributed by atoms with Gasteiger partial charge in [-0.15, -0.1) is 34.9 Å². The number of β-lactam (4-membered cyclic amide) rings is 1. The van der Waals surface area contributed by atoms with E-state index in [1.54, 1.807) is 0 Å². The van der Waals surface area contributed by atoms with Gasteiger partial charge in [0.15, 0.2) is 10.8 Å². The van der Waals surface area contributed by atoms with E-state index in [0.717, 1.165) is 16.2 Å². The summed E-state index contributed by atoms with van der Waals surface area (Å²) in [5.74, 6) is -1.76. The van der Waals surface area contributed by atoms with E-state index in [0.29, 0.717) is 17.1 Å². The summed E-state index contributed by atoms with van der Waals surface area (Å²) >= 11 is 3.63. The number of aromatic nitrogens is 1. The van der Waals surface area contributed by atoms with Crippen molar-refractivity contribution >= 4 is 63.5 Å². The van der Waals surface area contributed by atoms with Crippen LogP contribution in [0, 0.1) is 11.3 Å². The van der Waals surface area contributed by atoms with E-state index in [9.17, 15) is 19.5 Å². The molecule has 14 heteroatoms. The highest BCUT2D eigenvalue weighted by Crippen LogP contribution is 2.41. The van der Waals surface area contributed by atoms with Crippen LogP contribution in [0.15, 0.2) is 21.8 Å². The molecule has 11 nitrogen and oxygen atoms in total. The Hall–Kier alpha value is -2.76. The quantitative estimate of drug-likeness (QED) is 0.143. The number of carboxylic acid groups (broad SMARTS) is 1. The number of carbonyl (C=O) groups excluding carboxylic acids is 2. The number of carboxylic acids is 1. The number of nitriles is 1. The summed E-state index contributed by atoms with van der Waals surface area (Å²) in [6, 6.07) is 0.999. The van der Waals surface area contributed by atoms with Crippen molar-refractivity contribution in [3.05, 3.63) is 22.3 Å². The average Bonchev–Trinajstić information content (AvgIpc) is 3.12. The Morgan fingerprint density at radius 1 is 1.55 bits per heavy atom. The van der Waals surface area contributed by atoms with Crippen molar-refractivity contribution in [3.8, 4) is 6.07 Å². The highest BCUT2D eigenvalue weighted by atomic mass is 32.2. The van der Waals surface area contributed by atoms with Crippen LogP contribution < -0.4 is 11.1 Å². The van der Waals surface area contributed by atoms with E-state index >= 15 is 0 Å². The van der Waals surface area contributed by atoms with Crippen molar-refractivity contribution in [1.82, 2.24) is 15.2 Å². The van der Waals surface area contributed by atoms with Crippen LogP contribution in [-0.2, 0) is 14.4 Å². The number of thioether (sulfide) groups is 2. The predicted molar refractivity (Wildman–Crippen MR) is 107 cm³/mol. The summed E-state index contributed by atoms with van der Waals surface area (Å²) in [6.07, 6.45) is 0. The number of nitrogens with zero attached hydrogens (tertiary/aromatic N) is 4. The lowest BCUT2D eigenvalue weighted by Gasteiger charge is -2.49. The Balaban J connectivity index is 1.74. The number of thiazole rings is 1. The Morgan fingerprint density at radius 2 is 2.31 bits per heavy atom. The number of hydrogen-bond donors (Lipinski definition) is 4. The number of amides is 2. The highest BCUT2D eigenvalue weighted by Gasteiger charge is 2.54. The van der Waals surface area contributed by atoms with Crippen LogP contribution in [0.4, 0.5) is 5.13 Å². The van der Waals surface area contributed by atoms with Gasteiger partial charge in [0.2, 0.25) is 0 Å². The van der Waals surface area contributed by atoms with Crippen LogP contribution in [0.3, 0.4) is 0 Å². The fourth-order valence-electron chi connectivity index (χ4n) is 2.83. The number of hydrogen-bond acceptors (Lipinski definition) is 11. The molecular formula is C15H14N6O5S3. The van der Waals surface area contributed by atoms with Gasteiger partial charge in [0.05, 0.1) is 11.8 Å². The molecule has 0 spiro atoms. The third-order valence-corrected chi connectivity index (χ3v) is 6.96. The lowest BCUT2D eigenvalue weighted by molar-refractivity contribution is -0.150. The molecule has 0 aliphatic carbocycles. The molecule has 3 heterocycles. The lowest BCUT2D eigenvalue weighted by atomic mass is 10.0. The van der Waals surface area contributed by atoms with Gasteiger partial charge in [-0.1, -0.05) is 5.16 Å². The first-order valence-corrected chi connectivity index (χ1v) is 11.1. The second-order valence-electron chi connectivity index (χ2n) is 5.79. The fourth-order valence-corrected chi connectivity index (χ4v) is 5.53. The van der Waals surface area contributed by atoms with Crippen molar-refractivity contribution < 1.29 is 24.7 Å². The first kappa shape index (κ1) is 21.0. The monoisotopic (exact) mass is 454 g/mol. The smallest absolute Gasteiger partial charge is 0.352 e. The first-order valence-electron chi connectivity index (χ1n) is 7.98. The highest BCUT2D eigenvalue weighted by molar-refractivity contribution is 8.01. The van der Waals surface area contributed by atoms with Crippen LogP contribution in [0.2, 0.25) is 0 Å². The minimum Gasteiger partial charge on any atom is -0.477 e. The van der Waals surface area contributed by atoms with E-state index < -0.39 is 34.9 Å². The molecule has 2 aliphatic heterocycles. The summed E-state index contributed by atoms with van der Waals surface area (Å²) < 4.78 is 0. The van der Waals surface area contributed by atoms with Gasteiger partial charge < -0.3 is 21.4 Å². The molecule has 1 fully saturated rings. The number of aliphatic carboxylic acids is 1. The summed E-state index contributed by atoms with van der Waals surface area (Å²) in [5.41, 5.74) is 5.62. The van der Waals surface area contributed by atoms with E-state index in [1.807, 2.05) is 6.07 Å². The minimum atomic E-state index is -1.24. The lowest BCUT2D eigenvalue weighted by Crippen LogP contribution is -2.71. The van der Waals surface area contributed by atoms with Gasteiger partial charge in [-0.05, 0) is 5.57 Å². The van der Waals surface area contributed by atoms with E-state index in [2.05, 4.69) is 15.5 Å². The molecule has 1 aromatic rings. The van der Waals surface area contributed by atoms with Gasteiger partial charge in [0.25, 0.3) is 11.8 Å². The number of nitrogens with two attached hydrogens (primary N) is 1.